The Balaban J connectivity index is 1.35. The smallest absolute Gasteiger partial charge is 0.435 e. The number of fused-ring (bicyclic) bond motifs is 4. The maximum Gasteiger partial charge on any atom is 0.435 e. The molecule has 5 aromatic rings. The molecule has 3 aliphatic rings. The van der Waals surface area contributed by atoms with E-state index in [1.54, 1.807) is 0 Å². The molecule has 15 nitrogen and oxygen atoms in total. The average molecular weight is 1080 g/mol. The predicted octanol–water partition coefficient (Wildman–Crippen LogP) is 7.68. The highest BCUT2D eigenvalue weighted by molar-refractivity contribution is 7.93. The van der Waals surface area contributed by atoms with E-state index in [1.165, 1.54) is 13.8 Å². The molecule has 3 aliphatic carbocycles. The summed E-state index contributed by atoms with van der Waals surface area (Å²) in [4.78, 5) is 32.3. The third kappa shape index (κ3) is 10.2. The predicted molar refractivity (Wildman–Crippen MR) is 238 cm³/mol. The summed E-state index contributed by atoms with van der Waals surface area (Å²) in [6, 6.07) is 4.41. The number of nitrogens with one attached hydrogen (secondary N) is 1. The number of benzene rings is 2. The second kappa shape index (κ2) is 17.9. The Labute approximate surface area is 408 Å². The van der Waals surface area contributed by atoms with Crippen molar-refractivity contribution in [2.75, 3.05) is 16.8 Å². The highest BCUT2D eigenvalue weighted by Gasteiger charge is 2.68. The average Bonchev–Trinajstić information content (AvgIpc) is 3.73. The number of alkyl halides is 8. The van der Waals surface area contributed by atoms with Crippen LogP contribution in [-0.4, -0.2) is 89.0 Å². The van der Waals surface area contributed by atoms with Gasteiger partial charge in [0.1, 0.15) is 47.0 Å². The molecule has 0 bridgehead atoms. The van der Waals surface area contributed by atoms with Crippen LogP contribution in [-0.2, 0) is 61.0 Å². The fourth-order valence-electron chi connectivity index (χ4n) is 8.67. The van der Waals surface area contributed by atoms with Crippen LogP contribution < -0.4 is 15.4 Å². The standard InChI is InChI=1S/C44H39ClF10N8O7S2/c1-41(2,71(3,66)67)10-9-24-5-6-26(27-7-8-30(45)34-36(27)62(19-42(48,49)50)60-39(34)63(72(4,68)69)40(65)70-25-15-23(56)16-25)35(57-24)31(13-20-11-21(46)14-22(47)12-20)58-32(64)18-61-38-33(37(59-61)44(53,54)55)28-17-29(28)43(38,51)52/h5-8,11-12,14,23,25,28-29,31H,13,15-19,56H2,1-4H3,(H,58,64)/t23-,25+,28-,29?,31-/m0/s1. The van der Waals surface area contributed by atoms with Crippen molar-refractivity contribution in [3.63, 3.8) is 0 Å². The Morgan fingerprint density at radius 2 is 1.60 bits per heavy atom. The maximum atomic E-state index is 15.6. The zero-order chi connectivity index (χ0) is 53.0. The van der Waals surface area contributed by atoms with Gasteiger partial charge in [0.25, 0.3) is 5.92 Å². The van der Waals surface area contributed by atoms with Gasteiger partial charge in [-0.05, 0) is 87.3 Å². The molecule has 2 fully saturated rings. The largest absolute Gasteiger partial charge is 0.445 e. The molecule has 2 aromatic carbocycles. The van der Waals surface area contributed by atoms with Gasteiger partial charge in [-0.2, -0.15) is 49.6 Å². The quantitative estimate of drug-likeness (QED) is 0.0917. The van der Waals surface area contributed by atoms with E-state index in [4.69, 9.17) is 22.1 Å². The van der Waals surface area contributed by atoms with Gasteiger partial charge in [0.05, 0.1) is 33.9 Å². The summed E-state index contributed by atoms with van der Waals surface area (Å²) < 4.78 is 203. The molecule has 28 heteroatoms. The summed E-state index contributed by atoms with van der Waals surface area (Å²) in [5.74, 6) is -6.00. The first-order valence-electron chi connectivity index (χ1n) is 21.4. The summed E-state index contributed by atoms with van der Waals surface area (Å²) in [6.07, 6.45) is -12.1. The SMILES string of the molecule is CC(C)(C#Cc1ccc(-c2ccc(Cl)c3c(N(C(=O)O[C@H]4C[C@@H](N)C4)S(C)(=O)=O)nn(CC(F)(F)F)c23)c([C@H](Cc2cc(F)cc(F)c2)NC(=O)Cn2nc(C(F)(F)F)c3c2C(F)(F)C2C[C@H]32)n1)S(C)(=O)=O. The van der Waals surface area contributed by atoms with Crippen molar-refractivity contribution >= 4 is 60.2 Å². The number of nitrogens with two attached hydrogens (primary N) is 1. The van der Waals surface area contributed by atoms with E-state index in [0.29, 0.717) is 12.3 Å². The molecule has 3 atom stereocenters. The summed E-state index contributed by atoms with van der Waals surface area (Å²) in [5.41, 5.74) is -0.0709. The number of ether oxygens (including phenoxy) is 1. The van der Waals surface area contributed by atoms with Gasteiger partial charge in [-0.3, -0.25) is 14.2 Å². The lowest BCUT2D eigenvalue weighted by Crippen LogP contribution is -2.46. The first kappa shape index (κ1) is 52.3. The normalized spacial score (nSPS) is 19.9. The van der Waals surface area contributed by atoms with Crippen molar-refractivity contribution in [1.29, 1.82) is 0 Å². The van der Waals surface area contributed by atoms with Crippen LogP contribution in [0.1, 0.15) is 79.0 Å². The molecule has 386 valence electrons. The fourth-order valence-corrected chi connectivity index (χ4v) is 9.90. The number of nitrogens with zero attached hydrogens (tertiary/aromatic N) is 6. The van der Waals surface area contributed by atoms with E-state index in [1.807, 2.05) is 0 Å². The minimum absolute atomic E-state index is 0.00611. The van der Waals surface area contributed by atoms with E-state index in [2.05, 4.69) is 32.3 Å². The molecule has 2 saturated carbocycles. The lowest BCUT2D eigenvalue weighted by atomic mass is 9.90. The Morgan fingerprint density at radius 1 is 0.958 bits per heavy atom. The molecule has 2 amide bonds. The Kier molecular flexibility index (Phi) is 13.0. The highest BCUT2D eigenvalue weighted by Crippen LogP contribution is 2.68. The van der Waals surface area contributed by atoms with Crippen molar-refractivity contribution in [1.82, 2.24) is 29.9 Å². The number of halogens is 11. The summed E-state index contributed by atoms with van der Waals surface area (Å²) in [7, 11) is -8.72. The van der Waals surface area contributed by atoms with E-state index in [9.17, 15) is 61.5 Å². The molecule has 0 spiro atoms. The summed E-state index contributed by atoms with van der Waals surface area (Å²) >= 11 is 6.63. The topological polar surface area (TPSA) is 201 Å². The number of sulfone groups is 1. The van der Waals surface area contributed by atoms with Crippen molar-refractivity contribution in [2.45, 2.75) is 99.7 Å². The first-order valence-corrected chi connectivity index (χ1v) is 25.5. The molecule has 3 N–H and O–H groups in total. The molecule has 0 radical (unpaired) electrons. The Bertz CT molecular complexity index is 3340. The number of carbonyl (C=O) groups excluding carboxylic acids is 2. The van der Waals surface area contributed by atoms with Crippen molar-refractivity contribution in [2.24, 2.45) is 11.7 Å². The van der Waals surface area contributed by atoms with E-state index in [0.717, 1.165) is 42.7 Å². The minimum atomic E-state index is -5.22. The second-order valence-corrected chi connectivity index (χ2v) is 23.1. The number of amides is 2. The maximum absolute atomic E-state index is 15.6. The van der Waals surface area contributed by atoms with Crippen LogP contribution >= 0.6 is 11.6 Å². The van der Waals surface area contributed by atoms with Gasteiger partial charge >= 0.3 is 18.4 Å². The number of hydrogen-bond acceptors (Lipinski definition) is 11. The first-order chi connectivity index (χ1) is 33.1. The third-order valence-electron chi connectivity index (χ3n) is 12.4. The number of hydrogen-bond donors (Lipinski definition) is 2. The lowest BCUT2D eigenvalue weighted by molar-refractivity contribution is -0.143. The molecule has 3 aromatic heterocycles. The Hall–Kier alpha value is -5.98. The van der Waals surface area contributed by atoms with Crippen LogP contribution in [0.5, 0.6) is 0 Å². The van der Waals surface area contributed by atoms with E-state index in [-0.39, 0.29) is 55.3 Å². The van der Waals surface area contributed by atoms with Crippen molar-refractivity contribution < 1.29 is 75.1 Å². The second-order valence-electron chi connectivity index (χ2n) is 18.3. The number of pyridine rings is 1. The van der Waals surface area contributed by atoms with Crippen LogP contribution in [0, 0.1) is 29.4 Å². The zero-order valence-electron chi connectivity index (χ0n) is 37.8. The molecule has 1 unspecified atom stereocenters. The third-order valence-corrected chi connectivity index (χ3v) is 15.7. The monoisotopic (exact) mass is 1080 g/mol. The summed E-state index contributed by atoms with van der Waals surface area (Å²) in [5, 5.41) is 8.68. The van der Waals surface area contributed by atoms with E-state index < -0.39 is 160 Å². The van der Waals surface area contributed by atoms with Crippen LogP contribution in [0.3, 0.4) is 0 Å². The number of carbonyl (C=O) groups is 2. The van der Waals surface area contributed by atoms with Gasteiger partial charge in [0.2, 0.25) is 15.9 Å². The molecular formula is C44H39ClF10N8O7S2. The van der Waals surface area contributed by atoms with Crippen LogP contribution in [0.15, 0.2) is 42.5 Å². The fraction of sp³-hybridized carbons (Fsp3) is 0.432. The van der Waals surface area contributed by atoms with Crippen LogP contribution in [0.4, 0.5) is 54.5 Å². The zero-order valence-corrected chi connectivity index (χ0v) is 40.2. The van der Waals surface area contributed by atoms with Gasteiger partial charge in [-0.1, -0.05) is 23.6 Å². The van der Waals surface area contributed by atoms with Gasteiger partial charge in [-0.25, -0.2) is 35.4 Å². The van der Waals surface area contributed by atoms with Crippen LogP contribution in [0.2, 0.25) is 5.02 Å². The molecule has 72 heavy (non-hydrogen) atoms. The highest BCUT2D eigenvalue weighted by atomic mass is 35.5. The molecule has 3 heterocycles. The lowest BCUT2D eigenvalue weighted by Gasteiger charge is -2.32. The van der Waals surface area contributed by atoms with E-state index >= 15 is 8.78 Å². The van der Waals surface area contributed by atoms with Crippen molar-refractivity contribution in [3.05, 3.63) is 93.0 Å². The molecule has 0 saturated heterocycles. The molecular weight excluding hydrogens is 1040 g/mol. The van der Waals surface area contributed by atoms with Crippen LogP contribution in [0.25, 0.3) is 22.0 Å². The van der Waals surface area contributed by atoms with Gasteiger partial charge in [0.15, 0.2) is 21.3 Å². The van der Waals surface area contributed by atoms with Gasteiger partial charge in [0, 0.05) is 41.0 Å². The van der Waals surface area contributed by atoms with Gasteiger partial charge in [-0.15, -0.1) is 0 Å². The van der Waals surface area contributed by atoms with Crippen molar-refractivity contribution in [3.8, 4) is 23.0 Å². The molecule has 8 rings (SSSR count). The number of sulfonamides is 1. The number of aromatic nitrogens is 5. The number of anilines is 1. The Morgan fingerprint density at radius 3 is 2.18 bits per heavy atom. The van der Waals surface area contributed by atoms with Gasteiger partial charge < -0.3 is 15.8 Å². The molecule has 0 aliphatic heterocycles. The summed E-state index contributed by atoms with van der Waals surface area (Å²) in [6.45, 7) is -0.793. The number of rotatable bonds is 12. The minimum Gasteiger partial charge on any atom is -0.445 e.